The Kier molecular flexibility index (Phi) is 3.54. The molecule has 0 N–H and O–H groups in total. The molecule has 6 heteroatoms. The van der Waals surface area contributed by atoms with Gasteiger partial charge in [0.05, 0.1) is 6.54 Å². The van der Waals surface area contributed by atoms with Crippen LogP contribution in [0.5, 0.6) is 0 Å². The van der Waals surface area contributed by atoms with Crippen LogP contribution in [0.25, 0.3) is 10.2 Å². The highest BCUT2D eigenvalue weighted by Crippen LogP contribution is 2.25. The summed E-state index contributed by atoms with van der Waals surface area (Å²) in [5.41, 5.74) is 0.774. The number of anilines is 1. The molecular weight excluding hydrogens is 297 g/mol. The Balaban J connectivity index is 1.88. The second-order valence-electron chi connectivity index (χ2n) is 4.41. The van der Waals surface area contributed by atoms with Gasteiger partial charge in [-0.2, -0.15) is 0 Å². The predicted octanol–water partition coefficient (Wildman–Crippen LogP) is 4.12. The van der Waals surface area contributed by atoms with Crippen molar-refractivity contribution in [1.82, 2.24) is 9.97 Å². The van der Waals surface area contributed by atoms with Crippen LogP contribution in [0.4, 0.5) is 10.1 Å². The molecule has 102 valence electrons. The molecule has 20 heavy (non-hydrogen) atoms. The molecule has 0 unspecified atom stereocenters. The fourth-order valence-corrected chi connectivity index (χ4v) is 3.04. The molecule has 0 aliphatic rings. The van der Waals surface area contributed by atoms with Crippen LogP contribution in [0.15, 0.2) is 35.7 Å². The molecule has 0 amide bonds. The summed E-state index contributed by atoms with van der Waals surface area (Å²) < 4.78 is 13.2. The molecule has 3 rings (SSSR count). The Hall–Kier alpha value is -1.72. The predicted molar refractivity (Wildman–Crippen MR) is 80.9 cm³/mol. The van der Waals surface area contributed by atoms with E-state index >= 15 is 0 Å². The van der Waals surface area contributed by atoms with Crippen LogP contribution in [0.3, 0.4) is 0 Å². The highest BCUT2D eigenvalue weighted by Gasteiger charge is 2.10. The standard InChI is InChI=1S/C14H11ClFN3S/c1-19(10-4-2-3-9(16)7-10)8-12-17-13(15)11-5-6-20-14(11)18-12/h2-7H,8H2,1H3. The van der Waals surface area contributed by atoms with Crippen LogP contribution >= 0.6 is 22.9 Å². The summed E-state index contributed by atoms with van der Waals surface area (Å²) in [6.07, 6.45) is 0. The molecule has 0 saturated carbocycles. The van der Waals surface area contributed by atoms with Crippen molar-refractivity contribution in [2.75, 3.05) is 11.9 Å². The van der Waals surface area contributed by atoms with Crippen LogP contribution in [0.1, 0.15) is 5.82 Å². The molecule has 3 nitrogen and oxygen atoms in total. The summed E-state index contributed by atoms with van der Waals surface area (Å²) in [7, 11) is 1.87. The van der Waals surface area contributed by atoms with Gasteiger partial charge in [-0.1, -0.05) is 17.7 Å². The van der Waals surface area contributed by atoms with E-state index in [-0.39, 0.29) is 5.82 Å². The monoisotopic (exact) mass is 307 g/mol. The first-order valence-corrected chi connectivity index (χ1v) is 7.25. The molecule has 0 saturated heterocycles. The number of rotatable bonds is 3. The number of thiophene rings is 1. The lowest BCUT2D eigenvalue weighted by Gasteiger charge is -2.18. The SMILES string of the molecule is CN(Cc1nc(Cl)c2ccsc2n1)c1cccc(F)c1. The highest BCUT2D eigenvalue weighted by atomic mass is 35.5. The molecule has 0 bridgehead atoms. The summed E-state index contributed by atoms with van der Waals surface area (Å²) in [4.78, 5) is 11.5. The smallest absolute Gasteiger partial charge is 0.151 e. The van der Waals surface area contributed by atoms with Gasteiger partial charge in [-0.15, -0.1) is 11.3 Å². The molecular formula is C14H11ClFN3S. The number of aromatic nitrogens is 2. The third kappa shape index (κ3) is 2.59. The molecule has 2 heterocycles. The van der Waals surface area contributed by atoms with Gasteiger partial charge in [0.25, 0.3) is 0 Å². The second-order valence-corrected chi connectivity index (χ2v) is 5.66. The molecule has 1 aromatic carbocycles. The van der Waals surface area contributed by atoms with Gasteiger partial charge in [0, 0.05) is 18.1 Å². The van der Waals surface area contributed by atoms with E-state index < -0.39 is 0 Å². The van der Waals surface area contributed by atoms with Crippen molar-refractivity contribution < 1.29 is 4.39 Å². The van der Waals surface area contributed by atoms with E-state index in [9.17, 15) is 4.39 Å². The molecule has 2 aromatic heterocycles. The van der Waals surface area contributed by atoms with Gasteiger partial charge in [-0.05, 0) is 29.6 Å². The average molecular weight is 308 g/mol. The first kappa shape index (κ1) is 13.3. The van der Waals surface area contributed by atoms with Gasteiger partial charge in [0.1, 0.15) is 15.8 Å². The molecule has 0 radical (unpaired) electrons. The van der Waals surface area contributed by atoms with Gasteiger partial charge >= 0.3 is 0 Å². The number of hydrogen-bond acceptors (Lipinski definition) is 4. The van der Waals surface area contributed by atoms with E-state index in [2.05, 4.69) is 9.97 Å². The zero-order chi connectivity index (χ0) is 14.1. The van der Waals surface area contributed by atoms with Crippen molar-refractivity contribution in [2.24, 2.45) is 0 Å². The lowest BCUT2D eigenvalue weighted by Crippen LogP contribution is -2.18. The third-order valence-corrected chi connectivity index (χ3v) is 4.05. The van der Waals surface area contributed by atoms with E-state index in [1.54, 1.807) is 6.07 Å². The minimum absolute atomic E-state index is 0.262. The van der Waals surface area contributed by atoms with Crippen molar-refractivity contribution in [3.63, 3.8) is 0 Å². The maximum Gasteiger partial charge on any atom is 0.151 e. The number of fused-ring (bicyclic) bond motifs is 1. The Bertz CT molecular complexity index is 759. The zero-order valence-corrected chi connectivity index (χ0v) is 12.2. The molecule has 0 spiro atoms. The maximum atomic E-state index is 13.2. The first-order valence-electron chi connectivity index (χ1n) is 6.00. The van der Waals surface area contributed by atoms with Crippen molar-refractivity contribution in [2.45, 2.75) is 6.54 Å². The molecule has 0 aliphatic carbocycles. The first-order chi connectivity index (χ1) is 9.63. The van der Waals surface area contributed by atoms with E-state index in [4.69, 9.17) is 11.6 Å². The van der Waals surface area contributed by atoms with E-state index in [1.165, 1.54) is 23.5 Å². The molecule has 0 aliphatic heterocycles. The van der Waals surface area contributed by atoms with Crippen LogP contribution in [-0.4, -0.2) is 17.0 Å². The lowest BCUT2D eigenvalue weighted by molar-refractivity contribution is 0.627. The molecule has 0 atom stereocenters. The van der Waals surface area contributed by atoms with Crippen molar-refractivity contribution in [1.29, 1.82) is 0 Å². The molecule has 0 fully saturated rings. The topological polar surface area (TPSA) is 29.0 Å². The third-order valence-electron chi connectivity index (χ3n) is 2.95. The van der Waals surface area contributed by atoms with Crippen molar-refractivity contribution in [3.8, 4) is 0 Å². The van der Waals surface area contributed by atoms with Crippen molar-refractivity contribution in [3.05, 3.63) is 52.5 Å². The van der Waals surface area contributed by atoms with Gasteiger partial charge < -0.3 is 4.90 Å². The summed E-state index contributed by atoms with van der Waals surface area (Å²) in [6.45, 7) is 0.469. The normalized spacial score (nSPS) is 10.9. The maximum absolute atomic E-state index is 13.2. The minimum Gasteiger partial charge on any atom is -0.367 e. The summed E-state index contributed by atoms with van der Waals surface area (Å²) in [5, 5.41) is 3.26. The van der Waals surface area contributed by atoms with E-state index in [1.807, 2.05) is 29.5 Å². The average Bonchev–Trinajstić information content (AvgIpc) is 2.87. The lowest BCUT2D eigenvalue weighted by atomic mass is 10.3. The summed E-state index contributed by atoms with van der Waals surface area (Å²) in [5.74, 6) is 0.360. The zero-order valence-electron chi connectivity index (χ0n) is 10.7. The van der Waals surface area contributed by atoms with Crippen LogP contribution in [-0.2, 0) is 6.54 Å². The fraction of sp³-hybridized carbons (Fsp3) is 0.143. The van der Waals surface area contributed by atoms with Gasteiger partial charge in [-0.25, -0.2) is 14.4 Å². The van der Waals surface area contributed by atoms with Crippen LogP contribution < -0.4 is 4.90 Å². The number of halogens is 2. The summed E-state index contributed by atoms with van der Waals surface area (Å²) in [6, 6.07) is 8.32. The number of nitrogens with zero attached hydrogens (tertiary/aromatic N) is 3. The van der Waals surface area contributed by atoms with Gasteiger partial charge in [0.2, 0.25) is 0 Å². The Labute approximate surface area is 124 Å². The largest absolute Gasteiger partial charge is 0.367 e. The number of hydrogen-bond donors (Lipinski definition) is 0. The van der Waals surface area contributed by atoms with E-state index in [0.29, 0.717) is 17.5 Å². The fourth-order valence-electron chi connectivity index (χ4n) is 1.95. The quantitative estimate of drug-likeness (QED) is 0.682. The Morgan fingerprint density at radius 2 is 2.15 bits per heavy atom. The van der Waals surface area contributed by atoms with Crippen LogP contribution in [0.2, 0.25) is 5.15 Å². The van der Waals surface area contributed by atoms with Gasteiger partial charge in [0.15, 0.2) is 5.82 Å². The Morgan fingerprint density at radius 1 is 1.30 bits per heavy atom. The summed E-state index contributed by atoms with van der Waals surface area (Å²) >= 11 is 7.66. The van der Waals surface area contributed by atoms with Crippen molar-refractivity contribution >= 4 is 38.8 Å². The molecule has 3 aromatic rings. The van der Waals surface area contributed by atoms with Gasteiger partial charge in [-0.3, -0.25) is 0 Å². The van der Waals surface area contributed by atoms with E-state index in [0.717, 1.165) is 15.9 Å². The number of benzene rings is 1. The van der Waals surface area contributed by atoms with Crippen LogP contribution in [0, 0.1) is 5.82 Å². The minimum atomic E-state index is -0.262. The second kappa shape index (κ2) is 5.34. The highest BCUT2D eigenvalue weighted by molar-refractivity contribution is 7.16. The Morgan fingerprint density at radius 3 is 2.95 bits per heavy atom.